The zero-order valence-electron chi connectivity index (χ0n) is 10.7. The molecule has 1 amide bonds. The fraction of sp³-hybridized carbons (Fsp3) is 0.538. The van der Waals surface area contributed by atoms with Gasteiger partial charge in [-0.25, -0.2) is 0 Å². The molecule has 1 atom stereocenters. The fourth-order valence-electron chi connectivity index (χ4n) is 2.19. The van der Waals surface area contributed by atoms with Gasteiger partial charge in [0.1, 0.15) is 0 Å². The molecule has 0 spiro atoms. The minimum absolute atomic E-state index is 0.0840. The molecule has 5 heteroatoms. The summed E-state index contributed by atoms with van der Waals surface area (Å²) in [4.78, 5) is 27.6. The second kappa shape index (κ2) is 5.35. The number of hydrogen-bond donors (Lipinski definition) is 1. The van der Waals surface area contributed by atoms with E-state index in [1.807, 2.05) is 0 Å². The first-order chi connectivity index (χ1) is 8.58. The molecule has 0 radical (unpaired) electrons. The van der Waals surface area contributed by atoms with Crippen LogP contribution in [0.3, 0.4) is 0 Å². The van der Waals surface area contributed by atoms with E-state index in [2.05, 4.69) is 4.98 Å². The number of nitrogens with zero attached hydrogens (tertiary/aromatic N) is 1. The second-order valence-electron chi connectivity index (χ2n) is 4.68. The third-order valence-electron chi connectivity index (χ3n) is 3.19. The van der Waals surface area contributed by atoms with Gasteiger partial charge in [-0.05, 0) is 25.8 Å². The molecule has 0 aliphatic carbocycles. The number of carbonyl (C=O) groups is 1. The molecule has 1 saturated heterocycles. The van der Waals surface area contributed by atoms with Crippen LogP contribution in [0.25, 0.3) is 0 Å². The molecular formula is C13H18N2O3. The maximum absolute atomic E-state index is 12.2. The summed E-state index contributed by atoms with van der Waals surface area (Å²) < 4.78 is 5.51. The van der Waals surface area contributed by atoms with Crippen molar-refractivity contribution in [2.45, 2.75) is 25.9 Å². The Labute approximate surface area is 106 Å². The maximum atomic E-state index is 12.2. The highest BCUT2D eigenvalue weighted by atomic mass is 16.5. The molecule has 1 N–H and O–H groups in total. The largest absolute Gasteiger partial charge is 0.376 e. The second-order valence-corrected chi connectivity index (χ2v) is 4.68. The monoisotopic (exact) mass is 250 g/mol. The predicted molar refractivity (Wildman–Crippen MR) is 67.7 cm³/mol. The highest BCUT2D eigenvalue weighted by Gasteiger charge is 2.21. The first-order valence-electron chi connectivity index (χ1n) is 6.15. The summed E-state index contributed by atoms with van der Waals surface area (Å²) in [7, 11) is 1.76. The molecular weight excluding hydrogens is 232 g/mol. The third kappa shape index (κ3) is 2.79. The average molecular weight is 250 g/mol. The van der Waals surface area contributed by atoms with Crippen molar-refractivity contribution in [2.24, 2.45) is 0 Å². The first-order valence-corrected chi connectivity index (χ1v) is 6.15. The van der Waals surface area contributed by atoms with Crippen LogP contribution in [0.1, 0.15) is 28.9 Å². The fourth-order valence-corrected chi connectivity index (χ4v) is 2.19. The average Bonchev–Trinajstić information content (AvgIpc) is 2.81. The maximum Gasteiger partial charge on any atom is 0.255 e. The van der Waals surface area contributed by atoms with Crippen molar-refractivity contribution in [1.82, 2.24) is 9.88 Å². The van der Waals surface area contributed by atoms with Crippen molar-refractivity contribution in [2.75, 3.05) is 20.2 Å². The van der Waals surface area contributed by atoms with Gasteiger partial charge in [-0.15, -0.1) is 0 Å². The normalized spacial score (nSPS) is 18.9. The van der Waals surface area contributed by atoms with Crippen LogP contribution in [0, 0.1) is 6.92 Å². The Morgan fingerprint density at radius 2 is 2.33 bits per heavy atom. The molecule has 2 heterocycles. The number of aryl methyl sites for hydroxylation is 1. The molecule has 0 saturated carbocycles. The van der Waals surface area contributed by atoms with Crippen LogP contribution in [-0.4, -0.2) is 42.1 Å². The van der Waals surface area contributed by atoms with Crippen molar-refractivity contribution in [3.63, 3.8) is 0 Å². The van der Waals surface area contributed by atoms with Gasteiger partial charge in [-0.1, -0.05) is 0 Å². The summed E-state index contributed by atoms with van der Waals surface area (Å²) in [6.07, 6.45) is 2.20. The Morgan fingerprint density at radius 3 is 2.94 bits per heavy atom. The lowest BCUT2D eigenvalue weighted by Gasteiger charge is -2.21. The number of hydrogen-bond acceptors (Lipinski definition) is 3. The van der Waals surface area contributed by atoms with E-state index in [4.69, 9.17) is 4.74 Å². The molecule has 1 aromatic heterocycles. The summed E-state index contributed by atoms with van der Waals surface area (Å²) in [5.41, 5.74) is 0.951. The van der Waals surface area contributed by atoms with E-state index in [0.29, 0.717) is 17.8 Å². The van der Waals surface area contributed by atoms with Crippen LogP contribution in [0.5, 0.6) is 0 Å². The van der Waals surface area contributed by atoms with Gasteiger partial charge < -0.3 is 14.6 Å². The van der Waals surface area contributed by atoms with Gasteiger partial charge in [-0.3, -0.25) is 9.59 Å². The highest BCUT2D eigenvalue weighted by molar-refractivity contribution is 5.95. The van der Waals surface area contributed by atoms with Crippen LogP contribution < -0.4 is 5.56 Å². The topological polar surface area (TPSA) is 62.4 Å². The zero-order valence-corrected chi connectivity index (χ0v) is 10.7. The Bertz CT molecular complexity index is 489. The van der Waals surface area contributed by atoms with Gasteiger partial charge in [0, 0.05) is 32.0 Å². The van der Waals surface area contributed by atoms with Crippen LogP contribution in [0.2, 0.25) is 0 Å². The summed E-state index contributed by atoms with van der Waals surface area (Å²) in [5.74, 6) is -0.0840. The lowest BCUT2D eigenvalue weighted by molar-refractivity contribution is 0.0586. The minimum atomic E-state index is -0.189. The SMILES string of the molecule is Cc1[nH]c(=O)ccc1C(=O)N(C)C[C@H]1CCCO1. The van der Waals surface area contributed by atoms with Crippen LogP contribution in [0.15, 0.2) is 16.9 Å². The van der Waals surface area contributed by atoms with E-state index in [-0.39, 0.29) is 17.6 Å². The molecule has 98 valence electrons. The van der Waals surface area contributed by atoms with Crippen molar-refractivity contribution in [3.8, 4) is 0 Å². The molecule has 0 unspecified atom stereocenters. The van der Waals surface area contributed by atoms with Crippen molar-refractivity contribution >= 4 is 5.91 Å². The van der Waals surface area contributed by atoms with E-state index in [0.717, 1.165) is 19.4 Å². The Balaban J connectivity index is 2.07. The summed E-state index contributed by atoms with van der Waals surface area (Å²) in [5, 5.41) is 0. The van der Waals surface area contributed by atoms with E-state index < -0.39 is 0 Å². The standard InChI is InChI=1S/C13H18N2O3/c1-9-11(5-6-12(16)14-9)13(17)15(2)8-10-4-3-7-18-10/h5-6,10H,3-4,7-8H2,1-2H3,(H,14,16)/t10-/m1/s1. The third-order valence-corrected chi connectivity index (χ3v) is 3.19. The Kier molecular flexibility index (Phi) is 3.81. The molecule has 1 aromatic rings. The first kappa shape index (κ1) is 12.8. The van der Waals surface area contributed by atoms with Gasteiger partial charge in [0.15, 0.2) is 0 Å². The number of pyridine rings is 1. The molecule has 0 aromatic carbocycles. The van der Waals surface area contributed by atoms with Gasteiger partial charge in [0.25, 0.3) is 5.91 Å². The summed E-state index contributed by atoms with van der Waals surface area (Å²) >= 11 is 0. The molecule has 1 aliphatic rings. The van der Waals surface area contributed by atoms with Gasteiger partial charge >= 0.3 is 0 Å². The van der Waals surface area contributed by atoms with Gasteiger partial charge in [0.05, 0.1) is 11.7 Å². The number of carbonyl (C=O) groups excluding carboxylic acids is 1. The predicted octanol–water partition coefficient (Wildman–Crippen LogP) is 0.934. The number of ether oxygens (including phenoxy) is 1. The van der Waals surface area contributed by atoms with Gasteiger partial charge in [-0.2, -0.15) is 0 Å². The quantitative estimate of drug-likeness (QED) is 0.868. The Morgan fingerprint density at radius 1 is 1.56 bits per heavy atom. The smallest absolute Gasteiger partial charge is 0.255 e. The van der Waals surface area contributed by atoms with Crippen LogP contribution in [0.4, 0.5) is 0 Å². The number of likely N-dealkylation sites (N-methyl/N-ethyl adjacent to an activating group) is 1. The van der Waals surface area contributed by atoms with Crippen molar-refractivity contribution < 1.29 is 9.53 Å². The molecule has 2 rings (SSSR count). The molecule has 1 fully saturated rings. The van der Waals surface area contributed by atoms with Crippen LogP contribution in [-0.2, 0) is 4.74 Å². The lowest BCUT2D eigenvalue weighted by atomic mass is 10.1. The number of aromatic nitrogens is 1. The number of rotatable bonds is 3. The molecule has 18 heavy (non-hydrogen) atoms. The number of H-pyrrole nitrogens is 1. The van der Waals surface area contributed by atoms with Crippen molar-refractivity contribution in [3.05, 3.63) is 33.7 Å². The van der Waals surface area contributed by atoms with E-state index in [1.54, 1.807) is 24.9 Å². The number of nitrogens with one attached hydrogen (secondary N) is 1. The summed E-state index contributed by atoms with van der Waals surface area (Å²) in [6.45, 7) is 3.11. The highest BCUT2D eigenvalue weighted by Crippen LogP contribution is 2.14. The molecule has 0 bridgehead atoms. The van der Waals surface area contributed by atoms with E-state index in [9.17, 15) is 9.59 Å². The summed E-state index contributed by atoms with van der Waals surface area (Å²) in [6, 6.07) is 2.95. The number of amides is 1. The van der Waals surface area contributed by atoms with E-state index >= 15 is 0 Å². The zero-order chi connectivity index (χ0) is 13.1. The Hall–Kier alpha value is -1.62. The van der Waals surface area contributed by atoms with Crippen LogP contribution >= 0.6 is 0 Å². The number of aromatic amines is 1. The molecule has 5 nitrogen and oxygen atoms in total. The van der Waals surface area contributed by atoms with Crippen molar-refractivity contribution in [1.29, 1.82) is 0 Å². The lowest BCUT2D eigenvalue weighted by Crippen LogP contribution is -2.34. The minimum Gasteiger partial charge on any atom is -0.376 e. The van der Waals surface area contributed by atoms with Gasteiger partial charge in [0.2, 0.25) is 5.56 Å². The van der Waals surface area contributed by atoms with E-state index in [1.165, 1.54) is 6.07 Å². The molecule has 1 aliphatic heterocycles.